The maximum atomic E-state index is 12.7. The molecule has 5 heteroatoms. The van der Waals surface area contributed by atoms with Crippen molar-refractivity contribution >= 4 is 5.97 Å². The Hall–Kier alpha value is -1.62. The summed E-state index contributed by atoms with van der Waals surface area (Å²) in [6, 6.07) is 5.42. The topological polar surface area (TPSA) is 58.6 Å². The summed E-state index contributed by atoms with van der Waals surface area (Å²) < 4.78 is 18.1. The Bertz CT molecular complexity index is 417. The molecule has 0 spiro atoms. The minimum atomic E-state index is -0.776. The summed E-state index contributed by atoms with van der Waals surface area (Å²) in [4.78, 5) is 11.0. The zero-order valence-electron chi connectivity index (χ0n) is 10.6. The largest absolute Gasteiger partial charge is 0.494 e. The van der Waals surface area contributed by atoms with Crippen molar-refractivity contribution in [1.29, 1.82) is 0 Å². The number of halogens is 1. The molecule has 0 heterocycles. The number of benzene rings is 1. The van der Waals surface area contributed by atoms with Gasteiger partial charge in [0, 0.05) is 0 Å². The highest BCUT2D eigenvalue weighted by Gasteiger charge is 2.35. The fraction of sp³-hybridized carbons (Fsp3) is 0.500. The first-order valence-corrected chi connectivity index (χ1v) is 6.51. The summed E-state index contributed by atoms with van der Waals surface area (Å²) in [5, 5.41) is 12.1. The molecule has 0 radical (unpaired) electrons. The van der Waals surface area contributed by atoms with Crippen LogP contribution in [0, 0.1) is 11.7 Å². The Kier molecular flexibility index (Phi) is 4.74. The van der Waals surface area contributed by atoms with E-state index >= 15 is 0 Å². The lowest BCUT2D eigenvalue weighted by atomic mass is 10.2. The van der Waals surface area contributed by atoms with Gasteiger partial charge in [-0.05, 0) is 56.0 Å². The Balaban J connectivity index is 1.61. The monoisotopic (exact) mass is 267 g/mol. The Morgan fingerprint density at radius 2 is 2.11 bits per heavy atom. The van der Waals surface area contributed by atoms with Gasteiger partial charge in [-0.15, -0.1) is 0 Å². The van der Waals surface area contributed by atoms with Gasteiger partial charge >= 0.3 is 5.97 Å². The second-order valence-electron chi connectivity index (χ2n) is 4.76. The molecule has 1 aromatic carbocycles. The van der Waals surface area contributed by atoms with Crippen molar-refractivity contribution in [3.8, 4) is 5.75 Å². The van der Waals surface area contributed by atoms with Gasteiger partial charge in [0.05, 0.1) is 6.61 Å². The number of ether oxygens (including phenoxy) is 1. The van der Waals surface area contributed by atoms with Gasteiger partial charge in [-0.2, -0.15) is 0 Å². The van der Waals surface area contributed by atoms with Gasteiger partial charge in [-0.25, -0.2) is 4.39 Å². The minimum absolute atomic E-state index is 0.288. The zero-order valence-corrected chi connectivity index (χ0v) is 10.6. The molecule has 1 atom stereocenters. The minimum Gasteiger partial charge on any atom is -0.494 e. The standard InChI is InChI=1S/C14H18FNO3/c15-11-4-6-12(7-5-11)19-9-1-8-16-13(14(17)18)10-2-3-10/h4-7,10,13,16H,1-3,8-9H2,(H,17,18). The van der Waals surface area contributed by atoms with Gasteiger partial charge in [-0.3, -0.25) is 4.79 Å². The fourth-order valence-electron chi connectivity index (χ4n) is 1.94. The molecular weight excluding hydrogens is 249 g/mol. The second-order valence-corrected chi connectivity index (χ2v) is 4.76. The van der Waals surface area contributed by atoms with Crippen LogP contribution in [0.15, 0.2) is 24.3 Å². The van der Waals surface area contributed by atoms with Crippen molar-refractivity contribution in [2.24, 2.45) is 5.92 Å². The maximum Gasteiger partial charge on any atom is 0.320 e. The molecule has 2 rings (SSSR count). The van der Waals surface area contributed by atoms with Crippen LogP contribution in [0.2, 0.25) is 0 Å². The predicted molar refractivity (Wildman–Crippen MR) is 68.7 cm³/mol. The number of aliphatic carboxylic acids is 1. The predicted octanol–water partition coefficient (Wildman–Crippen LogP) is 2.05. The quantitative estimate of drug-likeness (QED) is 0.708. The number of carboxylic acids is 1. The smallest absolute Gasteiger partial charge is 0.320 e. The fourth-order valence-corrected chi connectivity index (χ4v) is 1.94. The first-order valence-electron chi connectivity index (χ1n) is 6.51. The average Bonchev–Trinajstić information content (AvgIpc) is 3.19. The van der Waals surface area contributed by atoms with Crippen molar-refractivity contribution in [2.75, 3.05) is 13.2 Å². The lowest BCUT2D eigenvalue weighted by molar-refractivity contribution is -0.140. The van der Waals surface area contributed by atoms with Gasteiger partial charge < -0.3 is 15.2 Å². The van der Waals surface area contributed by atoms with E-state index in [0.717, 1.165) is 12.8 Å². The molecule has 0 bridgehead atoms. The summed E-state index contributed by atoms with van der Waals surface area (Å²) in [5.41, 5.74) is 0. The van der Waals surface area contributed by atoms with Gasteiger partial charge in [-0.1, -0.05) is 0 Å². The number of hydrogen-bond donors (Lipinski definition) is 2. The van der Waals surface area contributed by atoms with Crippen molar-refractivity contribution in [1.82, 2.24) is 5.32 Å². The Labute approximate surface area is 111 Å². The molecule has 1 aliphatic carbocycles. The maximum absolute atomic E-state index is 12.7. The van der Waals surface area contributed by atoms with Gasteiger partial charge in [0.1, 0.15) is 17.6 Å². The zero-order chi connectivity index (χ0) is 13.7. The van der Waals surface area contributed by atoms with E-state index in [1.54, 1.807) is 12.1 Å². The average molecular weight is 267 g/mol. The summed E-state index contributed by atoms with van der Waals surface area (Å²) in [6.07, 6.45) is 2.71. The molecular formula is C14H18FNO3. The molecule has 0 saturated heterocycles. The van der Waals surface area contributed by atoms with E-state index in [1.165, 1.54) is 12.1 Å². The number of carboxylic acid groups (broad SMARTS) is 1. The van der Waals surface area contributed by atoms with E-state index in [-0.39, 0.29) is 11.7 Å². The molecule has 0 aliphatic heterocycles. The summed E-state index contributed by atoms with van der Waals surface area (Å²) in [6.45, 7) is 1.09. The van der Waals surface area contributed by atoms with E-state index in [4.69, 9.17) is 9.84 Å². The van der Waals surface area contributed by atoms with Crippen LogP contribution in [-0.2, 0) is 4.79 Å². The SMILES string of the molecule is O=C(O)C(NCCCOc1ccc(F)cc1)C1CC1. The first-order chi connectivity index (χ1) is 9.16. The second kappa shape index (κ2) is 6.52. The third kappa shape index (κ3) is 4.52. The number of carbonyl (C=O) groups is 1. The Morgan fingerprint density at radius 1 is 1.42 bits per heavy atom. The van der Waals surface area contributed by atoms with Crippen LogP contribution < -0.4 is 10.1 Å². The van der Waals surface area contributed by atoms with E-state index in [9.17, 15) is 9.18 Å². The van der Waals surface area contributed by atoms with Gasteiger partial charge in [0.15, 0.2) is 0 Å². The van der Waals surface area contributed by atoms with Crippen LogP contribution in [0.25, 0.3) is 0 Å². The van der Waals surface area contributed by atoms with Crippen LogP contribution >= 0.6 is 0 Å². The molecule has 4 nitrogen and oxygen atoms in total. The lowest BCUT2D eigenvalue weighted by Crippen LogP contribution is -2.39. The molecule has 1 aliphatic rings. The normalized spacial score (nSPS) is 16.1. The van der Waals surface area contributed by atoms with Crippen LogP contribution in [0.4, 0.5) is 4.39 Å². The van der Waals surface area contributed by atoms with Gasteiger partial charge in [0.2, 0.25) is 0 Å². The first kappa shape index (κ1) is 13.8. The molecule has 1 unspecified atom stereocenters. The third-order valence-electron chi connectivity index (χ3n) is 3.13. The molecule has 104 valence electrons. The molecule has 0 aromatic heterocycles. The van der Waals surface area contributed by atoms with E-state index < -0.39 is 12.0 Å². The van der Waals surface area contributed by atoms with Crippen molar-refractivity contribution in [2.45, 2.75) is 25.3 Å². The van der Waals surface area contributed by atoms with Crippen LogP contribution in [0.3, 0.4) is 0 Å². The number of nitrogens with one attached hydrogen (secondary N) is 1. The van der Waals surface area contributed by atoms with Crippen molar-refractivity contribution in [3.63, 3.8) is 0 Å². The van der Waals surface area contributed by atoms with Crippen molar-refractivity contribution < 1.29 is 19.0 Å². The highest BCUT2D eigenvalue weighted by atomic mass is 19.1. The highest BCUT2D eigenvalue weighted by Crippen LogP contribution is 2.32. The molecule has 1 aromatic rings. The summed E-state index contributed by atoms with van der Waals surface area (Å²) in [5.74, 6) is -0.154. The molecule has 0 amide bonds. The van der Waals surface area contributed by atoms with E-state index in [2.05, 4.69) is 5.32 Å². The van der Waals surface area contributed by atoms with Crippen LogP contribution in [-0.4, -0.2) is 30.3 Å². The Morgan fingerprint density at radius 3 is 2.68 bits per heavy atom. The number of rotatable bonds is 8. The van der Waals surface area contributed by atoms with Crippen molar-refractivity contribution in [3.05, 3.63) is 30.1 Å². The lowest BCUT2D eigenvalue weighted by Gasteiger charge is -2.13. The third-order valence-corrected chi connectivity index (χ3v) is 3.13. The van der Waals surface area contributed by atoms with Crippen LogP contribution in [0.1, 0.15) is 19.3 Å². The van der Waals surface area contributed by atoms with Crippen LogP contribution in [0.5, 0.6) is 5.75 Å². The van der Waals surface area contributed by atoms with E-state index in [0.29, 0.717) is 25.3 Å². The molecule has 2 N–H and O–H groups in total. The molecule has 19 heavy (non-hydrogen) atoms. The highest BCUT2D eigenvalue weighted by molar-refractivity contribution is 5.74. The summed E-state index contributed by atoms with van der Waals surface area (Å²) in [7, 11) is 0. The van der Waals surface area contributed by atoms with Gasteiger partial charge in [0.25, 0.3) is 0 Å². The van der Waals surface area contributed by atoms with E-state index in [1.807, 2.05) is 0 Å². The number of hydrogen-bond acceptors (Lipinski definition) is 3. The summed E-state index contributed by atoms with van der Waals surface area (Å²) >= 11 is 0. The molecule has 1 fully saturated rings. The molecule has 1 saturated carbocycles.